The molecule has 0 aliphatic heterocycles. The van der Waals surface area contributed by atoms with Gasteiger partial charge in [-0.15, -0.1) is 0 Å². The molecule has 2 aromatic carbocycles. The summed E-state index contributed by atoms with van der Waals surface area (Å²) in [4.78, 5) is 12.1. The lowest BCUT2D eigenvalue weighted by atomic mass is 10.1. The maximum Gasteiger partial charge on any atom is 0.409 e. The number of rotatable bonds is 5. The number of benzene rings is 2. The summed E-state index contributed by atoms with van der Waals surface area (Å²) in [6, 6.07) is 15.1. The van der Waals surface area contributed by atoms with E-state index in [9.17, 15) is 4.79 Å². The SMILES string of the molecule is Cc1ccc(NC(=S)N[C@@H](NC(=O)OCc2ccccc2)C(Cl)(Cl)Cl)c(C)c1. The minimum Gasteiger partial charge on any atom is -0.445 e. The maximum atomic E-state index is 12.1. The predicted octanol–water partition coefficient (Wildman–Crippen LogP) is 5.21. The highest BCUT2D eigenvalue weighted by atomic mass is 35.6. The number of alkyl carbamates (subject to hydrolysis) is 1. The van der Waals surface area contributed by atoms with Crippen molar-refractivity contribution in [2.24, 2.45) is 0 Å². The number of ether oxygens (including phenoxy) is 1. The van der Waals surface area contributed by atoms with E-state index >= 15 is 0 Å². The summed E-state index contributed by atoms with van der Waals surface area (Å²) in [6.45, 7) is 4.03. The van der Waals surface area contributed by atoms with Gasteiger partial charge in [-0.3, -0.25) is 5.32 Å². The fourth-order valence-corrected chi connectivity index (χ4v) is 2.88. The Morgan fingerprint density at radius 2 is 1.79 bits per heavy atom. The molecule has 0 aliphatic carbocycles. The van der Waals surface area contributed by atoms with Crippen LogP contribution < -0.4 is 16.0 Å². The number of hydrogen-bond donors (Lipinski definition) is 3. The van der Waals surface area contributed by atoms with E-state index in [4.69, 9.17) is 51.8 Å². The van der Waals surface area contributed by atoms with Crippen LogP contribution in [0.4, 0.5) is 10.5 Å². The van der Waals surface area contributed by atoms with Crippen LogP contribution in [0.5, 0.6) is 0 Å². The first-order valence-corrected chi connectivity index (χ1v) is 9.88. The summed E-state index contributed by atoms with van der Waals surface area (Å²) >= 11 is 23.2. The number of carbonyl (C=O) groups excluding carboxylic acids is 1. The van der Waals surface area contributed by atoms with E-state index in [1.807, 2.05) is 62.4 Å². The Morgan fingerprint density at radius 1 is 1.11 bits per heavy atom. The molecule has 1 amide bonds. The Kier molecular flexibility index (Phi) is 8.19. The number of carbonyl (C=O) groups is 1. The van der Waals surface area contributed by atoms with Crippen LogP contribution in [0.3, 0.4) is 0 Å². The fourth-order valence-electron chi connectivity index (χ4n) is 2.33. The van der Waals surface area contributed by atoms with E-state index in [0.29, 0.717) is 0 Å². The van der Waals surface area contributed by atoms with Crippen molar-refractivity contribution >= 4 is 63.9 Å². The molecule has 28 heavy (non-hydrogen) atoms. The van der Waals surface area contributed by atoms with Crippen LogP contribution in [0.1, 0.15) is 16.7 Å². The lowest BCUT2D eigenvalue weighted by molar-refractivity contribution is 0.135. The third-order valence-corrected chi connectivity index (χ3v) is 4.58. The van der Waals surface area contributed by atoms with Crippen LogP contribution in [0, 0.1) is 13.8 Å². The van der Waals surface area contributed by atoms with Gasteiger partial charge in [-0.05, 0) is 43.3 Å². The van der Waals surface area contributed by atoms with Gasteiger partial charge in [-0.1, -0.05) is 82.8 Å². The molecular formula is C19H20Cl3N3O2S. The summed E-state index contributed by atoms with van der Waals surface area (Å²) in [5, 5.41) is 8.47. The number of amides is 1. The lowest BCUT2D eigenvalue weighted by Gasteiger charge is -2.27. The number of halogens is 3. The Hall–Kier alpha value is -1.73. The second kappa shape index (κ2) is 10.2. The minimum atomic E-state index is -1.86. The van der Waals surface area contributed by atoms with Crippen molar-refractivity contribution in [3.8, 4) is 0 Å². The molecule has 2 aromatic rings. The molecule has 0 saturated carbocycles. The van der Waals surface area contributed by atoms with Gasteiger partial charge in [-0.25, -0.2) is 4.79 Å². The second-order valence-corrected chi connectivity index (χ2v) is 8.87. The molecule has 1 atom stereocenters. The van der Waals surface area contributed by atoms with Gasteiger partial charge in [0.2, 0.25) is 3.79 Å². The van der Waals surface area contributed by atoms with Crippen molar-refractivity contribution in [3.05, 3.63) is 65.2 Å². The van der Waals surface area contributed by atoms with Crippen LogP contribution >= 0.6 is 47.0 Å². The molecule has 0 heterocycles. The van der Waals surface area contributed by atoms with E-state index in [1.54, 1.807) is 0 Å². The average Bonchev–Trinajstić information content (AvgIpc) is 2.62. The smallest absolute Gasteiger partial charge is 0.409 e. The molecule has 0 saturated heterocycles. The topological polar surface area (TPSA) is 62.4 Å². The van der Waals surface area contributed by atoms with Gasteiger partial charge in [0.05, 0.1) is 0 Å². The van der Waals surface area contributed by atoms with Gasteiger partial charge in [-0.2, -0.15) is 0 Å². The lowest BCUT2D eigenvalue weighted by Crippen LogP contribution is -2.56. The quantitative estimate of drug-likeness (QED) is 0.325. The van der Waals surface area contributed by atoms with Gasteiger partial charge in [0, 0.05) is 5.69 Å². The minimum absolute atomic E-state index is 0.0878. The van der Waals surface area contributed by atoms with Crippen molar-refractivity contribution in [2.45, 2.75) is 30.4 Å². The first-order valence-electron chi connectivity index (χ1n) is 8.34. The Balaban J connectivity index is 1.95. The number of anilines is 1. The van der Waals surface area contributed by atoms with E-state index in [-0.39, 0.29) is 11.7 Å². The zero-order valence-electron chi connectivity index (χ0n) is 15.3. The first kappa shape index (κ1) is 22.6. The molecule has 5 nitrogen and oxygen atoms in total. The van der Waals surface area contributed by atoms with Crippen LogP contribution in [0.2, 0.25) is 0 Å². The van der Waals surface area contributed by atoms with E-state index in [2.05, 4.69) is 16.0 Å². The average molecular weight is 461 g/mol. The van der Waals surface area contributed by atoms with E-state index < -0.39 is 16.1 Å². The molecule has 0 aliphatic rings. The predicted molar refractivity (Wildman–Crippen MR) is 119 cm³/mol. The van der Waals surface area contributed by atoms with Gasteiger partial charge < -0.3 is 15.4 Å². The summed E-state index contributed by atoms with van der Waals surface area (Å²) in [5.41, 5.74) is 3.77. The van der Waals surface area contributed by atoms with Crippen LogP contribution in [-0.2, 0) is 11.3 Å². The zero-order chi connectivity index (χ0) is 20.7. The number of aryl methyl sites for hydroxylation is 2. The molecule has 0 aromatic heterocycles. The maximum absolute atomic E-state index is 12.1. The largest absolute Gasteiger partial charge is 0.445 e. The van der Waals surface area contributed by atoms with Gasteiger partial charge >= 0.3 is 6.09 Å². The van der Waals surface area contributed by atoms with Crippen molar-refractivity contribution < 1.29 is 9.53 Å². The molecular weight excluding hydrogens is 441 g/mol. The highest BCUT2D eigenvalue weighted by Crippen LogP contribution is 2.29. The molecule has 0 fully saturated rings. The number of nitrogens with one attached hydrogen (secondary N) is 3. The molecule has 150 valence electrons. The van der Waals surface area contributed by atoms with E-state index in [0.717, 1.165) is 22.4 Å². The van der Waals surface area contributed by atoms with Crippen LogP contribution in [0.25, 0.3) is 0 Å². The second-order valence-electron chi connectivity index (χ2n) is 6.10. The number of thiocarbonyl (C=S) groups is 1. The molecule has 0 unspecified atom stereocenters. The first-order chi connectivity index (χ1) is 13.1. The number of alkyl halides is 3. The Labute approximate surface area is 184 Å². The van der Waals surface area contributed by atoms with Crippen molar-refractivity contribution in [3.63, 3.8) is 0 Å². The summed E-state index contributed by atoms with van der Waals surface area (Å²) in [5.74, 6) is 0. The Morgan fingerprint density at radius 3 is 2.39 bits per heavy atom. The molecule has 0 radical (unpaired) electrons. The molecule has 0 bridgehead atoms. The monoisotopic (exact) mass is 459 g/mol. The standard InChI is InChI=1S/C19H20Cl3N3O2S/c1-12-8-9-15(13(2)10-12)23-17(28)24-16(19(20,21)22)25-18(26)27-11-14-6-4-3-5-7-14/h3-10,16H,11H2,1-2H3,(H,25,26)(H2,23,24,28)/t16-/m0/s1. The van der Waals surface area contributed by atoms with Crippen molar-refractivity contribution in [1.82, 2.24) is 10.6 Å². The number of hydrogen-bond acceptors (Lipinski definition) is 3. The zero-order valence-corrected chi connectivity index (χ0v) is 18.3. The van der Waals surface area contributed by atoms with Crippen LogP contribution in [0.15, 0.2) is 48.5 Å². The van der Waals surface area contributed by atoms with Crippen LogP contribution in [-0.4, -0.2) is 21.2 Å². The normalized spacial score (nSPS) is 12.0. The third-order valence-electron chi connectivity index (χ3n) is 3.71. The molecule has 3 N–H and O–H groups in total. The molecule has 9 heteroatoms. The summed E-state index contributed by atoms with van der Waals surface area (Å²) in [6.07, 6.45) is -1.85. The fraction of sp³-hybridized carbons (Fsp3) is 0.263. The molecule has 2 rings (SSSR count). The van der Waals surface area contributed by atoms with Gasteiger partial charge in [0.15, 0.2) is 11.3 Å². The Bertz CT molecular complexity index is 829. The summed E-state index contributed by atoms with van der Waals surface area (Å²) in [7, 11) is 0. The third kappa shape index (κ3) is 7.36. The van der Waals surface area contributed by atoms with Crippen molar-refractivity contribution in [2.75, 3.05) is 5.32 Å². The summed E-state index contributed by atoms with van der Waals surface area (Å²) < 4.78 is 3.29. The highest BCUT2D eigenvalue weighted by Gasteiger charge is 2.35. The van der Waals surface area contributed by atoms with E-state index in [1.165, 1.54) is 0 Å². The van der Waals surface area contributed by atoms with Crippen molar-refractivity contribution in [1.29, 1.82) is 0 Å². The van der Waals surface area contributed by atoms with Gasteiger partial charge in [0.1, 0.15) is 6.61 Å². The molecule has 0 spiro atoms. The highest BCUT2D eigenvalue weighted by molar-refractivity contribution is 7.80. The van der Waals surface area contributed by atoms with Gasteiger partial charge in [0.25, 0.3) is 0 Å².